The number of aromatic nitrogens is 1. The van der Waals surface area contributed by atoms with Crippen molar-refractivity contribution in [2.24, 2.45) is 0 Å². The molecule has 0 saturated carbocycles. The minimum Gasteiger partial charge on any atom is -0.486 e. The molecule has 88 valence electrons. The van der Waals surface area contributed by atoms with E-state index in [9.17, 15) is 9.18 Å². The summed E-state index contributed by atoms with van der Waals surface area (Å²) in [7, 11) is 0. The van der Waals surface area contributed by atoms with Crippen LogP contribution in [0.2, 0.25) is 0 Å². The molecule has 0 fully saturated rings. The van der Waals surface area contributed by atoms with Gasteiger partial charge in [-0.05, 0) is 18.2 Å². The smallest absolute Gasteiger partial charge is 0.339 e. The molecular formula is C11H8FNO3S. The molecule has 1 aromatic carbocycles. The predicted octanol–water partition coefficient (Wildman–Crippen LogP) is 2.56. The van der Waals surface area contributed by atoms with Gasteiger partial charge in [0.25, 0.3) is 0 Å². The first kappa shape index (κ1) is 11.5. The second kappa shape index (κ2) is 4.92. The summed E-state index contributed by atoms with van der Waals surface area (Å²) in [6.45, 7) is 0.170. The van der Waals surface area contributed by atoms with Crippen LogP contribution in [-0.2, 0) is 6.61 Å². The second-order valence-electron chi connectivity index (χ2n) is 3.16. The number of aromatic carboxylic acids is 1. The zero-order valence-corrected chi connectivity index (χ0v) is 9.41. The van der Waals surface area contributed by atoms with Crippen molar-refractivity contribution in [1.82, 2.24) is 4.98 Å². The number of thiazole rings is 1. The first-order valence-corrected chi connectivity index (χ1v) is 5.59. The summed E-state index contributed by atoms with van der Waals surface area (Å²) in [5.74, 6) is -1.70. The lowest BCUT2D eigenvalue weighted by Crippen LogP contribution is -2.03. The third-order valence-electron chi connectivity index (χ3n) is 2.01. The molecule has 0 unspecified atom stereocenters. The van der Waals surface area contributed by atoms with Gasteiger partial charge in [0.2, 0.25) is 0 Å². The normalized spacial score (nSPS) is 10.2. The van der Waals surface area contributed by atoms with Crippen molar-refractivity contribution in [2.75, 3.05) is 0 Å². The van der Waals surface area contributed by atoms with Crippen LogP contribution in [0.5, 0.6) is 5.75 Å². The molecule has 4 nitrogen and oxygen atoms in total. The maximum absolute atomic E-state index is 12.9. The maximum Gasteiger partial charge on any atom is 0.339 e. The molecule has 17 heavy (non-hydrogen) atoms. The minimum atomic E-state index is -1.22. The van der Waals surface area contributed by atoms with E-state index in [2.05, 4.69) is 4.98 Å². The largest absolute Gasteiger partial charge is 0.486 e. The summed E-state index contributed by atoms with van der Waals surface area (Å²) in [5.41, 5.74) is -0.193. The molecule has 0 radical (unpaired) electrons. The molecular weight excluding hydrogens is 245 g/mol. The number of nitrogens with zero attached hydrogens (tertiary/aromatic N) is 1. The fraction of sp³-hybridized carbons (Fsp3) is 0.0909. The average Bonchev–Trinajstić information content (AvgIpc) is 2.80. The number of carbonyl (C=O) groups is 1. The van der Waals surface area contributed by atoms with Crippen molar-refractivity contribution in [3.8, 4) is 5.75 Å². The Morgan fingerprint density at radius 1 is 1.53 bits per heavy atom. The Hall–Kier alpha value is -1.95. The van der Waals surface area contributed by atoms with Gasteiger partial charge in [0.05, 0.1) is 0 Å². The summed E-state index contributed by atoms with van der Waals surface area (Å²) in [6.07, 6.45) is 1.63. The number of ether oxygens (including phenoxy) is 1. The Kier molecular flexibility index (Phi) is 3.34. The molecule has 2 aromatic rings. The zero-order chi connectivity index (χ0) is 12.3. The number of rotatable bonds is 4. The lowest BCUT2D eigenvalue weighted by Gasteiger charge is -2.07. The molecule has 1 aromatic heterocycles. The van der Waals surface area contributed by atoms with Crippen LogP contribution >= 0.6 is 11.3 Å². The van der Waals surface area contributed by atoms with E-state index in [0.29, 0.717) is 0 Å². The zero-order valence-electron chi connectivity index (χ0n) is 8.59. The Labute approximate surface area is 100 Å². The topological polar surface area (TPSA) is 59.4 Å². The van der Waals surface area contributed by atoms with E-state index < -0.39 is 11.8 Å². The third kappa shape index (κ3) is 2.79. The quantitative estimate of drug-likeness (QED) is 0.909. The number of benzene rings is 1. The molecule has 1 N–H and O–H groups in total. The van der Waals surface area contributed by atoms with Gasteiger partial charge in [-0.2, -0.15) is 0 Å². The number of hydrogen-bond donors (Lipinski definition) is 1. The first-order chi connectivity index (χ1) is 8.16. The number of carboxylic acids is 1. The van der Waals surface area contributed by atoms with Gasteiger partial charge in [0.15, 0.2) is 0 Å². The second-order valence-corrected chi connectivity index (χ2v) is 4.14. The van der Waals surface area contributed by atoms with Crippen molar-refractivity contribution in [3.63, 3.8) is 0 Å². The molecule has 0 atom stereocenters. The monoisotopic (exact) mass is 253 g/mol. The molecule has 2 rings (SSSR count). The van der Waals surface area contributed by atoms with Crippen LogP contribution in [0.25, 0.3) is 0 Å². The summed E-state index contributed by atoms with van der Waals surface area (Å²) in [4.78, 5) is 14.9. The van der Waals surface area contributed by atoms with Crippen LogP contribution in [0.1, 0.15) is 15.4 Å². The van der Waals surface area contributed by atoms with Crippen LogP contribution in [0.4, 0.5) is 4.39 Å². The maximum atomic E-state index is 12.9. The van der Waals surface area contributed by atoms with Gasteiger partial charge in [-0.25, -0.2) is 14.2 Å². The Morgan fingerprint density at radius 2 is 2.35 bits per heavy atom. The van der Waals surface area contributed by atoms with Crippen LogP contribution < -0.4 is 4.74 Å². The summed E-state index contributed by atoms with van der Waals surface area (Å²) >= 11 is 1.40. The highest BCUT2D eigenvalue weighted by atomic mass is 32.1. The van der Waals surface area contributed by atoms with Crippen LogP contribution in [-0.4, -0.2) is 16.1 Å². The van der Waals surface area contributed by atoms with Gasteiger partial charge >= 0.3 is 5.97 Å². The third-order valence-corrected chi connectivity index (χ3v) is 2.76. The Morgan fingerprint density at radius 3 is 3.00 bits per heavy atom. The average molecular weight is 253 g/mol. The SMILES string of the molecule is O=C(O)c1cc(F)ccc1OCc1nccs1. The predicted molar refractivity (Wildman–Crippen MR) is 59.8 cm³/mol. The lowest BCUT2D eigenvalue weighted by atomic mass is 10.2. The van der Waals surface area contributed by atoms with E-state index in [1.807, 2.05) is 0 Å². The summed E-state index contributed by atoms with van der Waals surface area (Å²) in [6, 6.07) is 3.38. The molecule has 0 aliphatic rings. The molecule has 0 saturated heterocycles. The van der Waals surface area contributed by atoms with Crippen molar-refractivity contribution >= 4 is 17.3 Å². The number of carboxylic acid groups (broad SMARTS) is 1. The minimum absolute atomic E-state index is 0.133. The van der Waals surface area contributed by atoms with Crippen molar-refractivity contribution in [1.29, 1.82) is 0 Å². The van der Waals surface area contributed by atoms with Gasteiger partial charge in [0, 0.05) is 11.6 Å². The Balaban J connectivity index is 2.17. The van der Waals surface area contributed by atoms with Crippen molar-refractivity contribution < 1.29 is 19.0 Å². The molecule has 0 spiro atoms. The molecule has 6 heteroatoms. The van der Waals surface area contributed by atoms with E-state index in [1.165, 1.54) is 17.4 Å². The van der Waals surface area contributed by atoms with Gasteiger partial charge in [-0.1, -0.05) is 0 Å². The van der Waals surface area contributed by atoms with Crippen LogP contribution in [0.15, 0.2) is 29.8 Å². The fourth-order valence-corrected chi connectivity index (χ4v) is 1.79. The molecule has 1 heterocycles. The molecule has 0 aliphatic heterocycles. The number of halogens is 1. The standard InChI is InChI=1S/C11H8FNO3S/c12-7-1-2-9(8(5-7)11(14)15)16-6-10-13-3-4-17-10/h1-5H,6H2,(H,14,15). The van der Waals surface area contributed by atoms with E-state index in [0.717, 1.165) is 17.1 Å². The summed E-state index contributed by atoms with van der Waals surface area (Å²) in [5, 5.41) is 11.4. The first-order valence-electron chi connectivity index (χ1n) is 4.71. The van der Waals surface area contributed by atoms with Crippen LogP contribution in [0.3, 0.4) is 0 Å². The lowest BCUT2D eigenvalue weighted by molar-refractivity contribution is 0.0691. The molecule has 0 aliphatic carbocycles. The molecule has 0 bridgehead atoms. The van der Waals surface area contributed by atoms with Gasteiger partial charge < -0.3 is 9.84 Å². The van der Waals surface area contributed by atoms with E-state index in [1.54, 1.807) is 11.6 Å². The van der Waals surface area contributed by atoms with E-state index >= 15 is 0 Å². The number of hydrogen-bond acceptors (Lipinski definition) is 4. The van der Waals surface area contributed by atoms with E-state index in [4.69, 9.17) is 9.84 Å². The van der Waals surface area contributed by atoms with Gasteiger partial charge in [-0.15, -0.1) is 11.3 Å². The van der Waals surface area contributed by atoms with Gasteiger partial charge in [-0.3, -0.25) is 0 Å². The highest BCUT2D eigenvalue weighted by molar-refractivity contribution is 7.09. The van der Waals surface area contributed by atoms with Crippen molar-refractivity contribution in [2.45, 2.75) is 6.61 Å². The summed E-state index contributed by atoms with van der Waals surface area (Å²) < 4.78 is 18.2. The van der Waals surface area contributed by atoms with Crippen molar-refractivity contribution in [3.05, 3.63) is 46.2 Å². The molecule has 0 amide bonds. The van der Waals surface area contributed by atoms with E-state index in [-0.39, 0.29) is 17.9 Å². The fourth-order valence-electron chi connectivity index (χ4n) is 1.26. The highest BCUT2D eigenvalue weighted by Crippen LogP contribution is 2.21. The Bertz CT molecular complexity index is 528. The van der Waals surface area contributed by atoms with Crippen LogP contribution in [0, 0.1) is 5.82 Å². The highest BCUT2D eigenvalue weighted by Gasteiger charge is 2.12. The van der Waals surface area contributed by atoms with Gasteiger partial charge in [0.1, 0.15) is 28.7 Å².